The van der Waals surface area contributed by atoms with Crippen molar-refractivity contribution in [2.75, 3.05) is 18.0 Å². The first kappa shape index (κ1) is 16.9. The topological polar surface area (TPSA) is 43.9 Å². The van der Waals surface area contributed by atoms with Crippen molar-refractivity contribution in [3.05, 3.63) is 65.2 Å². The molecule has 3 aliphatic heterocycles. The average molecular weight is 382 g/mol. The highest BCUT2D eigenvalue weighted by Gasteiger charge is 2.70. The summed E-state index contributed by atoms with van der Waals surface area (Å²) in [7, 11) is 0. The molecule has 27 heavy (non-hydrogen) atoms. The quantitative estimate of drug-likeness (QED) is 0.749. The summed E-state index contributed by atoms with van der Waals surface area (Å²) in [6.45, 7) is 3.58. The van der Waals surface area contributed by atoms with E-state index in [1.54, 1.807) is 24.3 Å². The van der Waals surface area contributed by atoms with Crippen molar-refractivity contribution < 1.29 is 9.59 Å². The summed E-state index contributed by atoms with van der Waals surface area (Å²) in [5.41, 5.74) is 0.758. The molecular formula is C21H20ClN3O2. The molecule has 3 atom stereocenters. The second kappa shape index (κ2) is 5.89. The molecule has 0 radical (unpaired) electrons. The van der Waals surface area contributed by atoms with Crippen LogP contribution in [0.5, 0.6) is 0 Å². The molecule has 0 N–H and O–H groups in total. The zero-order valence-corrected chi connectivity index (χ0v) is 15.8. The monoisotopic (exact) mass is 381 g/mol. The lowest BCUT2D eigenvalue weighted by atomic mass is 9.81. The molecule has 5 rings (SSSR count). The van der Waals surface area contributed by atoms with Gasteiger partial charge in [-0.1, -0.05) is 48.0 Å². The number of benzene rings is 2. The molecule has 138 valence electrons. The van der Waals surface area contributed by atoms with Gasteiger partial charge in [-0.25, -0.2) is 14.9 Å². The molecule has 2 aromatic carbocycles. The number of fused-ring (bicyclic) bond motifs is 3. The number of halogens is 1. The number of anilines is 1. The van der Waals surface area contributed by atoms with Crippen LogP contribution in [0.2, 0.25) is 5.02 Å². The molecule has 0 saturated carbocycles. The van der Waals surface area contributed by atoms with Gasteiger partial charge in [0.25, 0.3) is 5.91 Å². The lowest BCUT2D eigenvalue weighted by Crippen LogP contribution is -2.52. The summed E-state index contributed by atoms with van der Waals surface area (Å²) in [5.74, 6) is -0.746. The number of hydrazine groups is 1. The third kappa shape index (κ3) is 2.19. The first-order valence-corrected chi connectivity index (χ1v) is 9.64. The number of rotatable bonds is 2. The Kier molecular flexibility index (Phi) is 3.69. The summed E-state index contributed by atoms with van der Waals surface area (Å²) < 4.78 is 0. The predicted molar refractivity (Wildman–Crippen MR) is 103 cm³/mol. The second-order valence-electron chi connectivity index (χ2n) is 7.58. The molecule has 3 heterocycles. The minimum Gasteiger partial charge on any atom is -0.274 e. The minimum absolute atomic E-state index is 0.126. The van der Waals surface area contributed by atoms with Gasteiger partial charge in [-0.15, -0.1) is 0 Å². The van der Waals surface area contributed by atoms with Crippen LogP contribution >= 0.6 is 11.6 Å². The molecule has 0 bridgehead atoms. The van der Waals surface area contributed by atoms with E-state index < -0.39 is 11.5 Å². The fourth-order valence-corrected chi connectivity index (χ4v) is 5.20. The zero-order chi connectivity index (χ0) is 18.8. The van der Waals surface area contributed by atoms with Crippen LogP contribution < -0.4 is 4.90 Å². The Morgan fingerprint density at radius 3 is 2.56 bits per heavy atom. The number of imide groups is 1. The molecule has 5 nitrogen and oxygen atoms in total. The minimum atomic E-state index is -0.865. The fraction of sp³-hybridized carbons (Fsp3) is 0.333. The van der Waals surface area contributed by atoms with Gasteiger partial charge in [0.2, 0.25) is 5.91 Å². The number of hydrogen-bond acceptors (Lipinski definition) is 4. The normalized spacial score (nSPS) is 30.8. The third-order valence-electron chi connectivity index (χ3n) is 6.18. The predicted octanol–water partition coefficient (Wildman–Crippen LogP) is 3.27. The molecule has 0 unspecified atom stereocenters. The van der Waals surface area contributed by atoms with Crippen LogP contribution in [0.4, 0.5) is 5.69 Å². The molecule has 3 fully saturated rings. The van der Waals surface area contributed by atoms with Gasteiger partial charge in [0.1, 0.15) is 5.54 Å². The van der Waals surface area contributed by atoms with Gasteiger partial charge >= 0.3 is 0 Å². The van der Waals surface area contributed by atoms with Crippen LogP contribution in [0, 0.1) is 5.92 Å². The molecule has 3 aliphatic rings. The molecule has 3 saturated heterocycles. The summed E-state index contributed by atoms with van der Waals surface area (Å²) in [6.07, 6.45) is 0.990. The van der Waals surface area contributed by atoms with Gasteiger partial charge in [0.15, 0.2) is 0 Å². The van der Waals surface area contributed by atoms with Crippen LogP contribution in [0.15, 0.2) is 54.6 Å². The lowest BCUT2D eigenvalue weighted by molar-refractivity contribution is -0.131. The number of hydrogen-bond donors (Lipinski definition) is 0. The standard InChI is InChI=1S/C21H20ClN3O2/c1-21-17(19(26)25(20(21)27)16-10-5-9-15(22)13-16)18(14-7-3-2-4-8-14)23-11-6-12-24(21)23/h2-5,7-10,13,17-18H,6,11-12H2,1H3/t17-,18-,21+/m1/s1. The number of carbonyl (C=O) groups is 2. The molecule has 0 spiro atoms. The number of carbonyl (C=O) groups excluding carboxylic acids is 2. The maximum atomic E-state index is 13.5. The first-order chi connectivity index (χ1) is 13.0. The Balaban J connectivity index is 1.65. The molecule has 0 aliphatic carbocycles. The van der Waals surface area contributed by atoms with Crippen LogP contribution in [-0.4, -0.2) is 40.5 Å². The fourth-order valence-electron chi connectivity index (χ4n) is 5.02. The van der Waals surface area contributed by atoms with E-state index in [0.29, 0.717) is 10.7 Å². The molecule has 6 heteroatoms. The van der Waals surface area contributed by atoms with Crippen molar-refractivity contribution in [1.82, 2.24) is 10.0 Å². The highest BCUT2D eigenvalue weighted by atomic mass is 35.5. The Hall–Kier alpha value is -2.21. The van der Waals surface area contributed by atoms with Crippen molar-refractivity contribution in [1.29, 1.82) is 0 Å². The van der Waals surface area contributed by atoms with Crippen LogP contribution in [-0.2, 0) is 9.59 Å². The first-order valence-electron chi connectivity index (χ1n) is 9.26. The Morgan fingerprint density at radius 1 is 1.04 bits per heavy atom. The van der Waals surface area contributed by atoms with Gasteiger partial charge in [-0.2, -0.15) is 0 Å². The van der Waals surface area contributed by atoms with E-state index in [2.05, 4.69) is 10.0 Å². The van der Waals surface area contributed by atoms with Gasteiger partial charge < -0.3 is 0 Å². The highest BCUT2D eigenvalue weighted by Crippen LogP contribution is 2.54. The van der Waals surface area contributed by atoms with Crippen molar-refractivity contribution >= 4 is 29.1 Å². The van der Waals surface area contributed by atoms with Gasteiger partial charge in [0, 0.05) is 18.1 Å². The summed E-state index contributed by atoms with van der Waals surface area (Å²) in [6, 6.07) is 16.9. The van der Waals surface area contributed by atoms with Gasteiger partial charge in [-0.3, -0.25) is 9.59 Å². The smallest absolute Gasteiger partial charge is 0.256 e. The largest absolute Gasteiger partial charge is 0.274 e. The van der Waals surface area contributed by atoms with E-state index in [0.717, 1.165) is 25.1 Å². The Morgan fingerprint density at radius 2 is 1.81 bits per heavy atom. The van der Waals surface area contributed by atoms with E-state index in [4.69, 9.17) is 11.6 Å². The molecule has 2 aromatic rings. The average Bonchev–Trinajstić information content (AvgIpc) is 3.28. The number of nitrogens with zero attached hydrogens (tertiary/aromatic N) is 3. The van der Waals surface area contributed by atoms with E-state index in [1.165, 1.54) is 4.90 Å². The maximum absolute atomic E-state index is 13.5. The van der Waals surface area contributed by atoms with E-state index in [9.17, 15) is 9.59 Å². The van der Waals surface area contributed by atoms with E-state index >= 15 is 0 Å². The van der Waals surface area contributed by atoms with E-state index in [-0.39, 0.29) is 17.9 Å². The van der Waals surface area contributed by atoms with Crippen LogP contribution in [0.25, 0.3) is 0 Å². The Bertz CT molecular complexity index is 934. The summed E-state index contributed by atoms with van der Waals surface area (Å²) in [5, 5.41) is 4.86. The molecule has 0 aromatic heterocycles. The molecular weight excluding hydrogens is 362 g/mol. The third-order valence-corrected chi connectivity index (χ3v) is 6.41. The summed E-state index contributed by atoms with van der Waals surface area (Å²) >= 11 is 6.12. The van der Waals surface area contributed by atoms with E-state index in [1.807, 2.05) is 37.3 Å². The second-order valence-corrected chi connectivity index (χ2v) is 8.02. The Labute approximate surface area is 163 Å². The SMILES string of the molecule is C[C@@]12C(=O)N(c3cccc(Cl)c3)C(=O)[C@H]1[C@@H](c1ccccc1)N1CCCN12. The van der Waals surface area contributed by atoms with Crippen molar-refractivity contribution in [2.45, 2.75) is 24.9 Å². The van der Waals surface area contributed by atoms with Crippen molar-refractivity contribution in [3.8, 4) is 0 Å². The van der Waals surface area contributed by atoms with Crippen LogP contribution in [0.3, 0.4) is 0 Å². The van der Waals surface area contributed by atoms with Gasteiger partial charge in [-0.05, 0) is 37.1 Å². The summed E-state index contributed by atoms with van der Waals surface area (Å²) in [4.78, 5) is 28.4. The van der Waals surface area contributed by atoms with Crippen molar-refractivity contribution in [3.63, 3.8) is 0 Å². The maximum Gasteiger partial charge on any atom is 0.256 e. The lowest BCUT2D eigenvalue weighted by Gasteiger charge is -2.33. The highest BCUT2D eigenvalue weighted by molar-refractivity contribution is 6.31. The van der Waals surface area contributed by atoms with Crippen molar-refractivity contribution in [2.24, 2.45) is 5.92 Å². The van der Waals surface area contributed by atoms with Gasteiger partial charge in [0.05, 0.1) is 17.6 Å². The number of amides is 2. The molecule has 2 amide bonds. The zero-order valence-electron chi connectivity index (χ0n) is 15.0. The van der Waals surface area contributed by atoms with Crippen LogP contribution in [0.1, 0.15) is 24.9 Å².